The highest BCUT2D eigenvalue weighted by molar-refractivity contribution is 5.71. The van der Waals surface area contributed by atoms with Crippen LogP contribution in [0.1, 0.15) is 309 Å². The molecule has 0 fully saturated rings. The second kappa shape index (κ2) is 67.9. The minimum absolute atomic E-state index is 0.181. The zero-order chi connectivity index (χ0) is 63.3. The summed E-state index contributed by atoms with van der Waals surface area (Å²) in [6, 6.07) is 0. The van der Waals surface area contributed by atoms with E-state index in [4.69, 9.17) is 18.9 Å². The average molecular weight is 1220 g/mol. The van der Waals surface area contributed by atoms with Crippen molar-refractivity contribution in [2.75, 3.05) is 47.5 Å². The Morgan fingerprint density at radius 1 is 0.356 bits per heavy atom. The molecule has 0 aliphatic carbocycles. The zero-order valence-electron chi connectivity index (χ0n) is 57.2. The predicted octanol–water partition coefficient (Wildman–Crippen LogP) is 22.6. The fraction of sp³-hybridized carbons (Fsp3) is 0.731. The topological polar surface area (TPSA) is 108 Å². The van der Waals surface area contributed by atoms with Crippen LogP contribution >= 0.6 is 0 Å². The lowest BCUT2D eigenvalue weighted by atomic mass is 10.0. The Morgan fingerprint density at radius 2 is 0.655 bits per heavy atom. The quantitative estimate of drug-likeness (QED) is 0.0211. The van der Waals surface area contributed by atoms with E-state index >= 15 is 0 Å². The van der Waals surface area contributed by atoms with E-state index in [1.54, 1.807) is 0 Å². The van der Waals surface area contributed by atoms with Gasteiger partial charge in [0, 0.05) is 12.8 Å². The molecule has 0 radical (unpaired) electrons. The van der Waals surface area contributed by atoms with Crippen molar-refractivity contribution in [3.8, 4) is 0 Å². The molecule has 0 spiro atoms. The Labute approximate surface area is 536 Å². The number of esters is 2. The lowest BCUT2D eigenvalue weighted by Crippen LogP contribution is -2.40. The molecule has 0 saturated carbocycles. The molecule has 0 amide bonds. The largest absolute Gasteiger partial charge is 0.477 e. The molecule has 0 aromatic rings. The third-order valence-corrected chi connectivity index (χ3v) is 15.5. The maximum absolute atomic E-state index is 12.9. The van der Waals surface area contributed by atoms with Gasteiger partial charge in [0.05, 0.1) is 34.4 Å². The SMILES string of the molecule is CC/C=C\C/C=C\C/C=C\C/C=C\C/C=C\C/C=C\CCCCCCCCC(=O)OC(COC(=O)CCCCCCCCCCCCCCCCCCCCCCCC/C=C\C/C=C\C/C=C\CCCCCCC)COC(OCC[N+](C)(C)C)C(=O)O. The van der Waals surface area contributed by atoms with Crippen LogP contribution in [-0.4, -0.2) is 87.4 Å². The van der Waals surface area contributed by atoms with Crippen molar-refractivity contribution in [2.24, 2.45) is 0 Å². The number of rotatable bonds is 66. The average Bonchev–Trinajstić information content (AvgIpc) is 3.59. The summed E-state index contributed by atoms with van der Waals surface area (Å²) in [4.78, 5) is 37.6. The molecule has 0 aliphatic rings. The monoisotopic (exact) mass is 1220 g/mol. The Balaban J connectivity index is 4.08. The normalized spacial score (nSPS) is 13.3. The fourth-order valence-electron chi connectivity index (χ4n) is 10.0. The minimum atomic E-state index is -1.52. The molecule has 0 rings (SSSR count). The van der Waals surface area contributed by atoms with Gasteiger partial charge in [0.15, 0.2) is 6.10 Å². The first-order valence-corrected chi connectivity index (χ1v) is 36.1. The summed E-state index contributed by atoms with van der Waals surface area (Å²) in [5.41, 5.74) is 0. The molecule has 9 nitrogen and oxygen atoms in total. The van der Waals surface area contributed by atoms with Gasteiger partial charge in [-0.25, -0.2) is 4.79 Å². The first-order chi connectivity index (χ1) is 42.6. The number of aliphatic carboxylic acids is 1. The van der Waals surface area contributed by atoms with Crippen molar-refractivity contribution in [1.82, 2.24) is 0 Å². The molecule has 0 aromatic carbocycles. The highest BCUT2D eigenvalue weighted by atomic mass is 16.7. The molecule has 2 atom stereocenters. The molecule has 2 unspecified atom stereocenters. The van der Waals surface area contributed by atoms with Crippen molar-refractivity contribution in [3.63, 3.8) is 0 Å². The molecule has 9 heteroatoms. The van der Waals surface area contributed by atoms with Crippen LogP contribution in [0.25, 0.3) is 0 Å². The fourth-order valence-corrected chi connectivity index (χ4v) is 10.0. The summed E-state index contributed by atoms with van der Waals surface area (Å²) in [6.45, 7) is 4.75. The standard InChI is InChI=1S/C78H135NO8/c1-6-8-10-12-14-16-18-20-22-24-26-28-30-32-33-34-35-36-37-38-39-40-41-42-43-45-46-48-50-52-54-56-58-60-62-64-66-68-75(80)85-72-74(73-86-78(77(82)83)84-71-70-79(3,4)5)87-76(81)69-67-65-63-61-59-57-55-53-51-49-47-44-31-29-27-25-23-21-19-17-15-13-11-9-7-2/h9,11,15,17-18,20-21,23-24,26-27,29-30,32,44,47,51,53,74,78H,6-8,10,12-14,16,19,22,25,28,31,33-43,45-46,48-50,52,54-73H2,1-5H3/p+1/b11-9-,17-15-,20-18-,23-21-,26-24-,29-27-,32-30-,47-44-,53-51-. The third-order valence-electron chi connectivity index (χ3n) is 15.5. The number of carbonyl (C=O) groups is 3. The second-order valence-electron chi connectivity index (χ2n) is 25.2. The molecule has 0 aliphatic heterocycles. The molecule has 0 bridgehead atoms. The number of unbranched alkanes of at least 4 members (excludes halogenated alkanes) is 33. The Morgan fingerprint density at radius 3 is 0.977 bits per heavy atom. The van der Waals surface area contributed by atoms with Gasteiger partial charge >= 0.3 is 17.9 Å². The summed E-state index contributed by atoms with van der Waals surface area (Å²) < 4.78 is 23.0. The van der Waals surface area contributed by atoms with Crippen LogP contribution in [0.5, 0.6) is 0 Å². The number of carbonyl (C=O) groups excluding carboxylic acids is 2. The number of carboxylic acids is 1. The van der Waals surface area contributed by atoms with Crippen molar-refractivity contribution in [2.45, 2.75) is 322 Å². The summed E-state index contributed by atoms with van der Waals surface area (Å²) >= 11 is 0. The molecule has 1 N–H and O–H groups in total. The number of ether oxygens (including phenoxy) is 4. The molecule has 0 saturated heterocycles. The van der Waals surface area contributed by atoms with E-state index in [0.29, 0.717) is 23.9 Å². The van der Waals surface area contributed by atoms with Crippen LogP contribution in [0.3, 0.4) is 0 Å². The van der Waals surface area contributed by atoms with Crippen molar-refractivity contribution in [3.05, 3.63) is 109 Å². The van der Waals surface area contributed by atoms with E-state index in [2.05, 4.69) is 123 Å². The van der Waals surface area contributed by atoms with Gasteiger partial charge in [-0.15, -0.1) is 0 Å². The molecule has 500 valence electrons. The van der Waals surface area contributed by atoms with Gasteiger partial charge in [0.2, 0.25) is 0 Å². The Hall–Kier alpha value is -4.05. The summed E-state index contributed by atoms with van der Waals surface area (Å²) in [5.74, 6) is -2.02. The zero-order valence-corrected chi connectivity index (χ0v) is 57.2. The Bertz CT molecular complexity index is 1800. The van der Waals surface area contributed by atoms with E-state index in [-0.39, 0.29) is 32.2 Å². The molecular formula is C78H136NO8+. The smallest absolute Gasteiger partial charge is 0.361 e. The van der Waals surface area contributed by atoms with Crippen LogP contribution in [0, 0.1) is 0 Å². The van der Waals surface area contributed by atoms with Crippen molar-refractivity contribution < 1.29 is 42.9 Å². The third kappa shape index (κ3) is 69.3. The van der Waals surface area contributed by atoms with Gasteiger partial charge in [-0.1, -0.05) is 303 Å². The van der Waals surface area contributed by atoms with Gasteiger partial charge in [-0.2, -0.15) is 0 Å². The number of allylic oxidation sites excluding steroid dienone is 18. The summed E-state index contributed by atoms with van der Waals surface area (Å²) in [5, 5.41) is 9.75. The maximum Gasteiger partial charge on any atom is 0.361 e. The Kier molecular flexibility index (Phi) is 64.7. The van der Waals surface area contributed by atoms with E-state index in [1.807, 2.05) is 21.1 Å². The van der Waals surface area contributed by atoms with Crippen LogP contribution in [0.2, 0.25) is 0 Å². The van der Waals surface area contributed by atoms with Crippen LogP contribution in [0.15, 0.2) is 109 Å². The number of quaternary nitrogens is 1. The van der Waals surface area contributed by atoms with Gasteiger partial charge in [-0.05, 0) is 103 Å². The highest BCUT2D eigenvalue weighted by Gasteiger charge is 2.25. The first kappa shape index (κ1) is 83.0. The lowest BCUT2D eigenvalue weighted by Gasteiger charge is -2.25. The lowest BCUT2D eigenvalue weighted by molar-refractivity contribution is -0.870. The number of likely N-dealkylation sites (N-methyl/N-ethyl adjacent to an activating group) is 1. The number of nitrogens with zero attached hydrogens (tertiary/aromatic N) is 1. The van der Waals surface area contributed by atoms with Gasteiger partial charge in [-0.3, -0.25) is 9.59 Å². The van der Waals surface area contributed by atoms with Gasteiger partial charge < -0.3 is 28.5 Å². The minimum Gasteiger partial charge on any atom is -0.477 e. The number of hydrogen-bond acceptors (Lipinski definition) is 7. The van der Waals surface area contributed by atoms with Crippen molar-refractivity contribution in [1.29, 1.82) is 0 Å². The molecular weight excluding hydrogens is 1080 g/mol. The number of carboxylic acid groups (broad SMARTS) is 1. The maximum atomic E-state index is 12.9. The van der Waals surface area contributed by atoms with E-state index < -0.39 is 24.3 Å². The van der Waals surface area contributed by atoms with Crippen LogP contribution < -0.4 is 0 Å². The number of hydrogen-bond donors (Lipinski definition) is 1. The summed E-state index contributed by atoms with van der Waals surface area (Å²) in [6.07, 6.45) is 92.1. The molecule has 0 aromatic heterocycles. The van der Waals surface area contributed by atoms with Gasteiger partial charge in [0.25, 0.3) is 6.29 Å². The van der Waals surface area contributed by atoms with Crippen molar-refractivity contribution >= 4 is 17.9 Å². The first-order valence-electron chi connectivity index (χ1n) is 36.1. The molecule has 87 heavy (non-hydrogen) atoms. The predicted molar refractivity (Wildman–Crippen MR) is 373 cm³/mol. The van der Waals surface area contributed by atoms with Crippen LogP contribution in [0.4, 0.5) is 0 Å². The van der Waals surface area contributed by atoms with E-state index in [0.717, 1.165) is 109 Å². The van der Waals surface area contributed by atoms with Crippen LogP contribution in [-0.2, 0) is 33.3 Å². The van der Waals surface area contributed by atoms with E-state index in [9.17, 15) is 19.5 Å². The van der Waals surface area contributed by atoms with Gasteiger partial charge in [0.1, 0.15) is 13.2 Å². The summed E-state index contributed by atoms with van der Waals surface area (Å²) in [7, 11) is 5.97. The second-order valence-corrected chi connectivity index (χ2v) is 25.2. The van der Waals surface area contributed by atoms with E-state index in [1.165, 1.54) is 167 Å². The highest BCUT2D eigenvalue weighted by Crippen LogP contribution is 2.18. The molecule has 0 heterocycles.